The van der Waals surface area contributed by atoms with Crippen molar-refractivity contribution in [3.05, 3.63) is 70.6 Å². The highest BCUT2D eigenvalue weighted by Gasteiger charge is 2.28. The lowest BCUT2D eigenvalue weighted by Gasteiger charge is -2.29. The molecule has 0 atom stereocenters. The van der Waals surface area contributed by atoms with Gasteiger partial charge in [-0.05, 0) is 33.6 Å². The van der Waals surface area contributed by atoms with Crippen molar-refractivity contribution in [1.82, 2.24) is 14.5 Å². The number of aromatic nitrogens is 2. The molecule has 26 heavy (non-hydrogen) atoms. The van der Waals surface area contributed by atoms with Crippen LogP contribution in [0.5, 0.6) is 5.75 Å². The lowest BCUT2D eigenvalue weighted by Crippen LogP contribution is -2.38. The maximum Gasteiger partial charge on any atom is 0.243 e. The number of fused-ring (bicyclic) bond motifs is 1. The van der Waals surface area contributed by atoms with Gasteiger partial charge in [0, 0.05) is 12.1 Å². The summed E-state index contributed by atoms with van der Waals surface area (Å²) in [4.78, 5) is 19.1. The second-order valence-electron chi connectivity index (χ2n) is 6.23. The van der Waals surface area contributed by atoms with Gasteiger partial charge in [0.15, 0.2) is 4.73 Å². The standard InChI is InChI=1S/C20H18BrN3O2/c1-26-16-9-7-14(8-10-16)11-23-12-17-19(15-5-3-2-4-6-15)22-20(21)24(17)13-18(23)25/h2-10H,11-13H2,1H3. The Morgan fingerprint density at radius 1 is 1.08 bits per heavy atom. The fourth-order valence-electron chi connectivity index (χ4n) is 3.20. The van der Waals surface area contributed by atoms with Crippen molar-refractivity contribution in [3.63, 3.8) is 0 Å². The van der Waals surface area contributed by atoms with Gasteiger partial charge in [-0.2, -0.15) is 0 Å². The van der Waals surface area contributed by atoms with Crippen LogP contribution in [-0.4, -0.2) is 27.5 Å². The number of carbonyl (C=O) groups excluding carboxylic acids is 1. The number of nitrogens with zero attached hydrogens (tertiary/aromatic N) is 3. The predicted octanol–water partition coefficient (Wildman–Crippen LogP) is 3.86. The second-order valence-corrected chi connectivity index (χ2v) is 6.94. The number of ether oxygens (including phenoxy) is 1. The number of amides is 1. The Balaban J connectivity index is 1.63. The molecule has 1 aliphatic heterocycles. The first-order chi connectivity index (χ1) is 12.7. The second kappa shape index (κ2) is 6.96. The largest absolute Gasteiger partial charge is 0.497 e. The van der Waals surface area contributed by atoms with Gasteiger partial charge in [-0.3, -0.25) is 4.79 Å². The molecule has 2 aromatic carbocycles. The highest BCUT2D eigenvalue weighted by Crippen LogP contribution is 2.31. The summed E-state index contributed by atoms with van der Waals surface area (Å²) in [5, 5.41) is 0. The maximum atomic E-state index is 12.6. The molecule has 1 aliphatic rings. The molecule has 6 heteroatoms. The number of methoxy groups -OCH3 is 1. The third kappa shape index (κ3) is 3.12. The summed E-state index contributed by atoms with van der Waals surface area (Å²) in [6.45, 7) is 1.40. The Morgan fingerprint density at radius 3 is 2.50 bits per heavy atom. The highest BCUT2D eigenvalue weighted by atomic mass is 79.9. The van der Waals surface area contributed by atoms with Gasteiger partial charge in [-0.15, -0.1) is 0 Å². The van der Waals surface area contributed by atoms with Crippen LogP contribution in [0, 0.1) is 0 Å². The maximum absolute atomic E-state index is 12.6. The van der Waals surface area contributed by atoms with E-state index in [9.17, 15) is 4.79 Å². The van der Waals surface area contributed by atoms with E-state index in [1.807, 2.05) is 64.1 Å². The van der Waals surface area contributed by atoms with Gasteiger partial charge >= 0.3 is 0 Å². The molecule has 0 spiro atoms. The van der Waals surface area contributed by atoms with Crippen LogP contribution in [-0.2, 0) is 24.4 Å². The molecule has 132 valence electrons. The van der Waals surface area contributed by atoms with Gasteiger partial charge in [0.1, 0.15) is 12.3 Å². The third-order valence-corrected chi connectivity index (χ3v) is 5.20. The molecule has 1 amide bonds. The predicted molar refractivity (Wildman–Crippen MR) is 103 cm³/mol. The fraction of sp³-hybridized carbons (Fsp3) is 0.200. The molecule has 1 aromatic heterocycles. The molecule has 0 saturated heterocycles. The first kappa shape index (κ1) is 16.8. The topological polar surface area (TPSA) is 47.4 Å². The lowest BCUT2D eigenvalue weighted by molar-refractivity contribution is -0.134. The zero-order valence-electron chi connectivity index (χ0n) is 14.4. The van der Waals surface area contributed by atoms with Crippen LogP contribution < -0.4 is 4.74 Å². The number of hydrogen-bond acceptors (Lipinski definition) is 3. The molecular formula is C20H18BrN3O2. The summed E-state index contributed by atoms with van der Waals surface area (Å²) in [5.74, 6) is 0.901. The molecule has 5 nitrogen and oxygen atoms in total. The third-order valence-electron chi connectivity index (χ3n) is 4.59. The molecule has 2 heterocycles. The summed E-state index contributed by atoms with van der Waals surface area (Å²) in [5.41, 5.74) is 4.11. The van der Waals surface area contributed by atoms with Gasteiger partial charge in [0.25, 0.3) is 0 Å². The summed E-state index contributed by atoms with van der Waals surface area (Å²) >= 11 is 3.50. The van der Waals surface area contributed by atoms with Crippen LogP contribution in [0.3, 0.4) is 0 Å². The first-order valence-electron chi connectivity index (χ1n) is 8.36. The van der Waals surface area contributed by atoms with E-state index < -0.39 is 0 Å². The van der Waals surface area contributed by atoms with E-state index in [4.69, 9.17) is 4.74 Å². The monoisotopic (exact) mass is 411 g/mol. The summed E-state index contributed by atoms with van der Waals surface area (Å²) < 4.78 is 7.85. The highest BCUT2D eigenvalue weighted by molar-refractivity contribution is 9.10. The molecule has 0 N–H and O–H groups in total. The normalized spacial score (nSPS) is 13.6. The Labute approximate surface area is 160 Å². The molecule has 3 aromatic rings. The Morgan fingerprint density at radius 2 is 1.81 bits per heavy atom. The average molecular weight is 412 g/mol. The van der Waals surface area contributed by atoms with E-state index in [1.54, 1.807) is 7.11 Å². The van der Waals surface area contributed by atoms with E-state index in [0.717, 1.165) is 28.3 Å². The number of halogens is 1. The van der Waals surface area contributed by atoms with Crippen molar-refractivity contribution >= 4 is 21.8 Å². The Bertz CT molecular complexity index is 936. The van der Waals surface area contributed by atoms with Crippen molar-refractivity contribution in [1.29, 1.82) is 0 Å². The quantitative estimate of drug-likeness (QED) is 0.654. The summed E-state index contributed by atoms with van der Waals surface area (Å²) in [6.07, 6.45) is 0. The molecule has 0 bridgehead atoms. The number of hydrogen-bond donors (Lipinski definition) is 0. The van der Waals surface area contributed by atoms with Crippen LogP contribution >= 0.6 is 15.9 Å². The molecular weight excluding hydrogens is 394 g/mol. The van der Waals surface area contributed by atoms with Crippen molar-refractivity contribution in [2.24, 2.45) is 0 Å². The van der Waals surface area contributed by atoms with Crippen LogP contribution in [0.1, 0.15) is 11.3 Å². The number of rotatable bonds is 4. The van der Waals surface area contributed by atoms with E-state index >= 15 is 0 Å². The molecule has 0 fully saturated rings. The van der Waals surface area contributed by atoms with Crippen LogP contribution in [0.25, 0.3) is 11.3 Å². The van der Waals surface area contributed by atoms with E-state index in [2.05, 4.69) is 20.9 Å². The first-order valence-corrected chi connectivity index (χ1v) is 9.16. The molecule has 0 saturated carbocycles. The summed E-state index contributed by atoms with van der Waals surface area (Å²) in [6, 6.07) is 17.9. The average Bonchev–Trinajstić information content (AvgIpc) is 2.99. The zero-order valence-corrected chi connectivity index (χ0v) is 15.9. The zero-order chi connectivity index (χ0) is 18.1. The summed E-state index contributed by atoms with van der Waals surface area (Å²) in [7, 11) is 1.65. The molecule has 0 unspecified atom stereocenters. The van der Waals surface area contributed by atoms with Crippen LogP contribution in [0.15, 0.2) is 59.3 Å². The molecule has 0 aliphatic carbocycles. The minimum absolute atomic E-state index is 0.0889. The number of carbonyl (C=O) groups is 1. The molecule has 0 radical (unpaired) electrons. The van der Waals surface area contributed by atoms with E-state index in [0.29, 0.717) is 24.4 Å². The van der Waals surface area contributed by atoms with E-state index in [1.165, 1.54) is 0 Å². The van der Waals surface area contributed by atoms with Crippen molar-refractivity contribution in [2.45, 2.75) is 19.6 Å². The minimum Gasteiger partial charge on any atom is -0.497 e. The smallest absolute Gasteiger partial charge is 0.243 e. The minimum atomic E-state index is 0.0889. The SMILES string of the molecule is COc1ccc(CN2Cc3c(-c4ccccc4)nc(Br)n3CC2=O)cc1. The fourth-order valence-corrected chi connectivity index (χ4v) is 3.72. The van der Waals surface area contributed by atoms with Gasteiger partial charge in [0.2, 0.25) is 5.91 Å². The van der Waals surface area contributed by atoms with Gasteiger partial charge in [-0.1, -0.05) is 42.5 Å². The van der Waals surface area contributed by atoms with Crippen molar-refractivity contribution in [3.8, 4) is 17.0 Å². The van der Waals surface area contributed by atoms with Gasteiger partial charge < -0.3 is 14.2 Å². The van der Waals surface area contributed by atoms with E-state index in [-0.39, 0.29) is 5.91 Å². The molecule has 4 rings (SSSR count). The van der Waals surface area contributed by atoms with Crippen LogP contribution in [0.2, 0.25) is 0 Å². The Hall–Kier alpha value is -2.60. The Kier molecular flexibility index (Phi) is 4.51. The number of imidazole rings is 1. The van der Waals surface area contributed by atoms with Gasteiger partial charge in [0.05, 0.1) is 25.0 Å². The lowest BCUT2D eigenvalue weighted by atomic mass is 10.1. The van der Waals surface area contributed by atoms with Crippen LogP contribution in [0.4, 0.5) is 0 Å². The van der Waals surface area contributed by atoms with Crippen molar-refractivity contribution < 1.29 is 9.53 Å². The number of benzene rings is 2. The van der Waals surface area contributed by atoms with Crippen molar-refractivity contribution in [2.75, 3.05) is 7.11 Å². The van der Waals surface area contributed by atoms with Gasteiger partial charge in [-0.25, -0.2) is 4.98 Å².